The van der Waals surface area contributed by atoms with Crippen molar-refractivity contribution in [3.63, 3.8) is 0 Å². The van der Waals surface area contributed by atoms with Crippen LogP contribution in [0.3, 0.4) is 0 Å². The Morgan fingerprint density at radius 3 is 2.75 bits per heavy atom. The molecule has 0 saturated carbocycles. The van der Waals surface area contributed by atoms with Gasteiger partial charge in [-0.15, -0.1) is 0 Å². The fourth-order valence-electron chi connectivity index (χ4n) is 4.17. The number of carbonyl (C=O) groups excluding carboxylic acids is 3. The summed E-state index contributed by atoms with van der Waals surface area (Å²) in [5.74, 6) is 4.08. The number of urea groups is 1. The summed E-state index contributed by atoms with van der Waals surface area (Å²) < 4.78 is 25.0. The van der Waals surface area contributed by atoms with Crippen LogP contribution in [0.5, 0.6) is 5.75 Å². The molecule has 188 valence electrons. The van der Waals surface area contributed by atoms with Crippen LogP contribution in [0, 0.1) is 17.7 Å². The molecule has 3 N–H and O–H groups in total. The molecule has 10 nitrogen and oxygen atoms in total. The van der Waals surface area contributed by atoms with E-state index >= 15 is 0 Å². The highest BCUT2D eigenvalue weighted by Crippen LogP contribution is 2.31. The average molecular weight is 496 g/mol. The number of nitrogens with two attached hydrogens (primary N) is 1. The first-order valence-electron chi connectivity index (χ1n) is 11.3. The fraction of sp³-hybridized carbons (Fsp3) is 0.360. The predicted octanol–water partition coefficient (Wildman–Crippen LogP) is 0.675. The first-order chi connectivity index (χ1) is 17.3. The second kappa shape index (κ2) is 10.7. The van der Waals surface area contributed by atoms with Crippen LogP contribution in [0.1, 0.15) is 27.2 Å². The standard InChI is InChI=1S/C25H26FN5O5/c1-35-20-5-3-18-13-31(23(33)21(18)22(20)26)15-25(16-32,29-24(27)34)7-6-17-2-4-19(28-12-17)14-30-8-10-36-11-9-30/h2-5,12,16H,8-11,13-15H2,1H3,(H3,27,29,34)/t25-/m1/s1. The van der Waals surface area contributed by atoms with Gasteiger partial charge in [-0.3, -0.25) is 19.5 Å². The van der Waals surface area contributed by atoms with Crippen LogP contribution in [0.2, 0.25) is 0 Å². The zero-order valence-electron chi connectivity index (χ0n) is 19.8. The van der Waals surface area contributed by atoms with E-state index in [4.69, 9.17) is 15.2 Å². The molecule has 2 aliphatic rings. The summed E-state index contributed by atoms with van der Waals surface area (Å²) in [4.78, 5) is 44.7. The Balaban J connectivity index is 1.53. The van der Waals surface area contributed by atoms with E-state index in [0.29, 0.717) is 37.2 Å². The number of hydrogen-bond donors (Lipinski definition) is 2. The lowest BCUT2D eigenvalue weighted by molar-refractivity contribution is -0.111. The van der Waals surface area contributed by atoms with Crippen LogP contribution in [0.4, 0.5) is 9.18 Å². The molecule has 36 heavy (non-hydrogen) atoms. The number of hydrogen-bond acceptors (Lipinski definition) is 7. The molecule has 0 aliphatic carbocycles. The lowest BCUT2D eigenvalue weighted by Gasteiger charge is -2.28. The van der Waals surface area contributed by atoms with Gasteiger partial charge in [0.15, 0.2) is 23.4 Å². The van der Waals surface area contributed by atoms with Crippen LogP contribution in [0.25, 0.3) is 0 Å². The second-order valence-corrected chi connectivity index (χ2v) is 8.53. The van der Waals surface area contributed by atoms with Gasteiger partial charge >= 0.3 is 6.03 Å². The van der Waals surface area contributed by atoms with Crippen molar-refractivity contribution in [2.75, 3.05) is 40.0 Å². The lowest BCUT2D eigenvalue weighted by Crippen LogP contribution is -2.57. The van der Waals surface area contributed by atoms with Crippen molar-refractivity contribution in [1.82, 2.24) is 20.1 Å². The number of fused-ring (bicyclic) bond motifs is 1. The monoisotopic (exact) mass is 495 g/mol. The Hall–Kier alpha value is -4.01. The highest BCUT2D eigenvalue weighted by Gasteiger charge is 2.39. The largest absolute Gasteiger partial charge is 0.494 e. The van der Waals surface area contributed by atoms with E-state index in [1.807, 2.05) is 6.07 Å². The minimum absolute atomic E-state index is 0.0323. The lowest BCUT2D eigenvalue weighted by atomic mass is 10.0. The molecule has 1 fully saturated rings. The van der Waals surface area contributed by atoms with Crippen molar-refractivity contribution in [2.45, 2.75) is 18.6 Å². The minimum Gasteiger partial charge on any atom is -0.494 e. The molecule has 2 aromatic rings. The Kier molecular flexibility index (Phi) is 7.47. The van der Waals surface area contributed by atoms with Gasteiger partial charge in [0.05, 0.1) is 38.1 Å². The van der Waals surface area contributed by atoms with Crippen molar-refractivity contribution >= 4 is 18.2 Å². The van der Waals surface area contributed by atoms with E-state index in [9.17, 15) is 18.8 Å². The van der Waals surface area contributed by atoms with Gasteiger partial charge in [0, 0.05) is 37.9 Å². The number of rotatable bonds is 7. The number of ether oxygens (including phenoxy) is 2. The summed E-state index contributed by atoms with van der Waals surface area (Å²) in [7, 11) is 1.30. The van der Waals surface area contributed by atoms with Crippen LogP contribution < -0.4 is 15.8 Å². The van der Waals surface area contributed by atoms with Gasteiger partial charge in [-0.2, -0.15) is 0 Å². The van der Waals surface area contributed by atoms with E-state index in [1.54, 1.807) is 18.3 Å². The molecule has 4 rings (SSSR count). The number of carbonyl (C=O) groups is 3. The van der Waals surface area contributed by atoms with Gasteiger partial charge in [-0.1, -0.05) is 17.9 Å². The van der Waals surface area contributed by atoms with Gasteiger partial charge in [0.1, 0.15) is 0 Å². The molecule has 0 spiro atoms. The second-order valence-electron chi connectivity index (χ2n) is 8.53. The maximum Gasteiger partial charge on any atom is 0.313 e. The number of aldehydes is 1. The molecule has 3 amide bonds. The number of aromatic nitrogens is 1. The first-order valence-corrected chi connectivity index (χ1v) is 11.3. The molecule has 0 unspecified atom stereocenters. The summed E-state index contributed by atoms with van der Waals surface area (Å²) in [6.45, 7) is 3.43. The number of methoxy groups -OCH3 is 1. The fourth-order valence-corrected chi connectivity index (χ4v) is 4.17. The highest BCUT2D eigenvalue weighted by molar-refractivity contribution is 5.99. The number of nitrogens with zero attached hydrogens (tertiary/aromatic N) is 3. The molecule has 1 aromatic heterocycles. The Bertz CT molecular complexity index is 1220. The number of nitrogens with one attached hydrogen (secondary N) is 1. The molecule has 0 radical (unpaired) electrons. The summed E-state index contributed by atoms with van der Waals surface area (Å²) in [5, 5.41) is 2.34. The topological polar surface area (TPSA) is 127 Å². The van der Waals surface area contributed by atoms with E-state index in [-0.39, 0.29) is 24.4 Å². The quantitative estimate of drug-likeness (QED) is 0.427. The van der Waals surface area contributed by atoms with Gasteiger partial charge in [0.2, 0.25) is 0 Å². The van der Waals surface area contributed by atoms with Gasteiger partial charge in [-0.05, 0) is 23.8 Å². The molecule has 1 saturated heterocycles. The molecule has 1 aromatic carbocycles. The van der Waals surface area contributed by atoms with Crippen molar-refractivity contribution in [3.05, 3.63) is 58.7 Å². The van der Waals surface area contributed by atoms with Crippen LogP contribution in [-0.2, 0) is 22.6 Å². The maximum atomic E-state index is 14.7. The Labute approximate surface area is 207 Å². The smallest absolute Gasteiger partial charge is 0.313 e. The third-order valence-electron chi connectivity index (χ3n) is 6.01. The molecule has 0 bridgehead atoms. The number of halogens is 1. The predicted molar refractivity (Wildman–Crippen MR) is 126 cm³/mol. The van der Waals surface area contributed by atoms with Crippen molar-refractivity contribution in [2.24, 2.45) is 5.73 Å². The van der Waals surface area contributed by atoms with Gasteiger partial charge in [0.25, 0.3) is 5.91 Å². The van der Waals surface area contributed by atoms with Gasteiger partial charge in [-0.25, -0.2) is 9.18 Å². The summed E-state index contributed by atoms with van der Waals surface area (Å²) in [6, 6.07) is 5.60. The number of morpholine rings is 1. The zero-order valence-corrected chi connectivity index (χ0v) is 19.8. The molecule has 2 aliphatic heterocycles. The molecular formula is C25H26FN5O5. The highest BCUT2D eigenvalue weighted by atomic mass is 19.1. The van der Waals surface area contributed by atoms with E-state index in [1.165, 1.54) is 18.1 Å². The number of primary amides is 1. The third-order valence-corrected chi connectivity index (χ3v) is 6.01. The maximum absolute atomic E-state index is 14.7. The summed E-state index contributed by atoms with van der Waals surface area (Å²) >= 11 is 0. The number of benzene rings is 1. The van der Waals surface area contributed by atoms with E-state index in [2.05, 4.69) is 27.0 Å². The third kappa shape index (κ3) is 5.45. The molecule has 11 heteroatoms. The minimum atomic E-state index is -1.81. The van der Waals surface area contributed by atoms with Crippen molar-refractivity contribution < 1.29 is 28.2 Å². The Morgan fingerprint density at radius 2 is 2.11 bits per heavy atom. The van der Waals surface area contributed by atoms with Crippen LogP contribution in [0.15, 0.2) is 30.5 Å². The number of amides is 3. The Morgan fingerprint density at radius 1 is 1.33 bits per heavy atom. The average Bonchev–Trinajstić information content (AvgIpc) is 3.19. The SMILES string of the molecule is COc1ccc2c(c1F)C(=O)N(C[C@](C#Cc1ccc(CN3CCOCC3)nc1)(C=O)NC(N)=O)C2. The summed E-state index contributed by atoms with van der Waals surface area (Å²) in [6.07, 6.45) is 1.99. The van der Waals surface area contributed by atoms with Crippen molar-refractivity contribution in [1.29, 1.82) is 0 Å². The molecule has 3 heterocycles. The van der Waals surface area contributed by atoms with Crippen LogP contribution in [-0.4, -0.2) is 78.5 Å². The van der Waals surface area contributed by atoms with Crippen molar-refractivity contribution in [3.8, 4) is 17.6 Å². The van der Waals surface area contributed by atoms with E-state index < -0.39 is 23.3 Å². The molecule has 1 atom stereocenters. The summed E-state index contributed by atoms with van der Waals surface area (Å²) in [5.41, 5.74) is 5.16. The van der Waals surface area contributed by atoms with Gasteiger partial charge < -0.3 is 25.4 Å². The van der Waals surface area contributed by atoms with Crippen LogP contribution >= 0.6 is 0 Å². The first kappa shape index (κ1) is 25.1. The normalized spacial score (nSPS) is 16.9. The molecular weight excluding hydrogens is 469 g/mol. The zero-order chi connectivity index (χ0) is 25.7. The van der Waals surface area contributed by atoms with E-state index in [0.717, 1.165) is 18.8 Å². The number of pyridine rings is 1.